The Morgan fingerprint density at radius 3 is 2.62 bits per heavy atom. The Morgan fingerprint density at radius 2 is 1.92 bits per heavy atom. The average molecular weight is 381 g/mol. The van der Waals surface area contributed by atoms with Gasteiger partial charge in [0.15, 0.2) is 5.78 Å². The summed E-state index contributed by atoms with van der Waals surface area (Å²) in [5.41, 5.74) is 0. The fraction of sp³-hybridized carbons (Fsp3) is 0.632. The molecule has 26 heavy (non-hydrogen) atoms. The Hall–Kier alpha value is -1.73. The second kappa shape index (κ2) is 11.1. The number of rotatable bonds is 10. The first-order valence-corrected chi connectivity index (χ1v) is 10.1. The number of nitrogens with one attached hydrogen (secondary N) is 2. The molecule has 0 bridgehead atoms. The van der Waals surface area contributed by atoms with Gasteiger partial charge in [-0.2, -0.15) is 0 Å². The predicted octanol–water partition coefficient (Wildman–Crippen LogP) is 2.40. The fourth-order valence-corrected chi connectivity index (χ4v) is 3.69. The van der Waals surface area contributed by atoms with E-state index in [1.807, 2.05) is 18.4 Å². The Labute approximate surface area is 158 Å². The van der Waals surface area contributed by atoms with Gasteiger partial charge in [0.1, 0.15) is 0 Å². The highest BCUT2D eigenvalue weighted by molar-refractivity contribution is 7.12. The molecule has 6 nitrogen and oxygen atoms in total. The third kappa shape index (κ3) is 6.88. The molecule has 1 aliphatic rings. The maximum absolute atomic E-state index is 12.2. The Bertz CT molecular complexity index is 582. The largest absolute Gasteiger partial charge is 0.381 e. The molecule has 1 aromatic heterocycles. The van der Waals surface area contributed by atoms with Gasteiger partial charge in [-0.25, -0.2) is 0 Å². The molecule has 2 amide bonds. The molecule has 1 aromatic rings. The van der Waals surface area contributed by atoms with E-state index in [-0.39, 0.29) is 36.4 Å². The molecule has 1 saturated heterocycles. The highest BCUT2D eigenvalue weighted by atomic mass is 32.1. The molecule has 0 radical (unpaired) electrons. The standard InChI is InChI=1S/C19H28N2O4S/c1-14(15-7-11-25-12-8-15)19(24)21-10-3-9-20-18(23)6-5-16(22)17-4-2-13-26-17/h2,4,13-15H,3,5-12H2,1H3,(H,20,23)(H,21,24). The maximum atomic E-state index is 12.2. The summed E-state index contributed by atoms with van der Waals surface area (Å²) in [5.74, 6) is 0.340. The lowest BCUT2D eigenvalue weighted by Crippen LogP contribution is -2.37. The summed E-state index contributed by atoms with van der Waals surface area (Å²) in [6, 6.07) is 3.60. The van der Waals surface area contributed by atoms with E-state index in [2.05, 4.69) is 10.6 Å². The van der Waals surface area contributed by atoms with Crippen LogP contribution < -0.4 is 10.6 Å². The number of thiophene rings is 1. The zero-order chi connectivity index (χ0) is 18.8. The van der Waals surface area contributed by atoms with Crippen LogP contribution in [0.1, 0.15) is 48.7 Å². The predicted molar refractivity (Wildman–Crippen MR) is 101 cm³/mol. The van der Waals surface area contributed by atoms with Crippen LogP contribution in [0.15, 0.2) is 17.5 Å². The van der Waals surface area contributed by atoms with Crippen molar-refractivity contribution in [3.8, 4) is 0 Å². The van der Waals surface area contributed by atoms with Gasteiger partial charge in [0.25, 0.3) is 0 Å². The molecule has 1 atom stereocenters. The molecule has 0 spiro atoms. The number of hydrogen-bond donors (Lipinski definition) is 2. The number of carbonyl (C=O) groups excluding carboxylic acids is 3. The molecule has 7 heteroatoms. The quantitative estimate of drug-likeness (QED) is 0.482. The summed E-state index contributed by atoms with van der Waals surface area (Å²) in [6.45, 7) is 4.49. The van der Waals surface area contributed by atoms with E-state index < -0.39 is 0 Å². The van der Waals surface area contributed by atoms with Crippen molar-refractivity contribution in [2.75, 3.05) is 26.3 Å². The van der Waals surface area contributed by atoms with Gasteiger partial charge in [-0.3, -0.25) is 14.4 Å². The van der Waals surface area contributed by atoms with Crippen LogP contribution in [0.25, 0.3) is 0 Å². The van der Waals surface area contributed by atoms with Gasteiger partial charge in [0.05, 0.1) is 4.88 Å². The molecule has 2 rings (SSSR count). The van der Waals surface area contributed by atoms with E-state index in [0.29, 0.717) is 30.3 Å². The van der Waals surface area contributed by atoms with Gasteiger partial charge in [0, 0.05) is 45.1 Å². The van der Waals surface area contributed by atoms with Crippen molar-refractivity contribution in [1.82, 2.24) is 10.6 Å². The summed E-state index contributed by atoms with van der Waals surface area (Å²) in [5, 5.41) is 7.58. The van der Waals surface area contributed by atoms with E-state index in [0.717, 1.165) is 26.1 Å². The van der Waals surface area contributed by atoms with Crippen molar-refractivity contribution >= 4 is 28.9 Å². The van der Waals surface area contributed by atoms with Crippen molar-refractivity contribution in [3.05, 3.63) is 22.4 Å². The lowest BCUT2D eigenvalue weighted by Gasteiger charge is -2.26. The minimum Gasteiger partial charge on any atom is -0.381 e. The Balaban J connectivity index is 1.52. The zero-order valence-corrected chi connectivity index (χ0v) is 16.1. The summed E-state index contributed by atoms with van der Waals surface area (Å²) < 4.78 is 5.33. The molecule has 0 saturated carbocycles. The Kier molecular flexibility index (Phi) is 8.77. The first-order chi connectivity index (χ1) is 12.6. The SMILES string of the molecule is CC(C(=O)NCCCNC(=O)CCC(=O)c1cccs1)C1CCOCC1. The van der Waals surface area contributed by atoms with E-state index in [9.17, 15) is 14.4 Å². The van der Waals surface area contributed by atoms with E-state index >= 15 is 0 Å². The molecular formula is C19H28N2O4S. The lowest BCUT2D eigenvalue weighted by atomic mass is 9.87. The van der Waals surface area contributed by atoms with Crippen LogP contribution in [0.5, 0.6) is 0 Å². The van der Waals surface area contributed by atoms with Crippen molar-refractivity contribution in [1.29, 1.82) is 0 Å². The van der Waals surface area contributed by atoms with Gasteiger partial charge in [0.2, 0.25) is 11.8 Å². The first-order valence-electron chi connectivity index (χ1n) is 9.26. The van der Waals surface area contributed by atoms with E-state index in [4.69, 9.17) is 4.74 Å². The van der Waals surface area contributed by atoms with E-state index in [1.165, 1.54) is 11.3 Å². The van der Waals surface area contributed by atoms with Crippen LogP contribution in [-0.2, 0) is 14.3 Å². The molecule has 0 aliphatic carbocycles. The normalized spacial score (nSPS) is 16.0. The van der Waals surface area contributed by atoms with Gasteiger partial charge in [-0.1, -0.05) is 13.0 Å². The average Bonchev–Trinajstić information content (AvgIpc) is 3.20. The minimum absolute atomic E-state index is 0.00300. The van der Waals surface area contributed by atoms with E-state index in [1.54, 1.807) is 6.07 Å². The summed E-state index contributed by atoms with van der Waals surface area (Å²) in [4.78, 5) is 36.4. The summed E-state index contributed by atoms with van der Waals surface area (Å²) in [7, 11) is 0. The zero-order valence-electron chi connectivity index (χ0n) is 15.3. The van der Waals surface area contributed by atoms with Gasteiger partial charge in [-0.15, -0.1) is 11.3 Å². The van der Waals surface area contributed by atoms with Gasteiger partial charge < -0.3 is 15.4 Å². The summed E-state index contributed by atoms with van der Waals surface area (Å²) >= 11 is 1.39. The van der Waals surface area contributed by atoms with Gasteiger partial charge in [-0.05, 0) is 36.6 Å². The highest BCUT2D eigenvalue weighted by Crippen LogP contribution is 2.23. The topological polar surface area (TPSA) is 84.5 Å². The lowest BCUT2D eigenvalue weighted by molar-refractivity contribution is -0.127. The van der Waals surface area contributed by atoms with Crippen LogP contribution in [0.2, 0.25) is 0 Å². The maximum Gasteiger partial charge on any atom is 0.223 e. The van der Waals surface area contributed by atoms with Crippen molar-refractivity contribution < 1.29 is 19.1 Å². The van der Waals surface area contributed by atoms with Crippen molar-refractivity contribution in [2.24, 2.45) is 11.8 Å². The van der Waals surface area contributed by atoms with Gasteiger partial charge >= 0.3 is 0 Å². The monoisotopic (exact) mass is 380 g/mol. The minimum atomic E-state index is -0.128. The molecule has 1 fully saturated rings. The fourth-order valence-electron chi connectivity index (χ4n) is 2.99. The smallest absolute Gasteiger partial charge is 0.223 e. The second-order valence-electron chi connectivity index (χ2n) is 6.63. The molecule has 2 heterocycles. The number of ether oxygens (including phenoxy) is 1. The molecule has 0 aromatic carbocycles. The van der Waals surface area contributed by atoms with Crippen LogP contribution in [-0.4, -0.2) is 43.9 Å². The number of carbonyl (C=O) groups is 3. The molecule has 2 N–H and O–H groups in total. The molecule has 144 valence electrons. The number of hydrogen-bond acceptors (Lipinski definition) is 5. The first kappa shape index (κ1) is 20.6. The number of Topliss-reactive ketones (excluding diaryl/α,β-unsaturated/α-hetero) is 1. The highest BCUT2D eigenvalue weighted by Gasteiger charge is 2.25. The van der Waals surface area contributed by atoms with Crippen molar-refractivity contribution in [3.63, 3.8) is 0 Å². The van der Waals surface area contributed by atoms with Crippen LogP contribution in [0, 0.1) is 11.8 Å². The molecular weight excluding hydrogens is 352 g/mol. The molecule has 1 aliphatic heterocycles. The van der Waals surface area contributed by atoms with Crippen molar-refractivity contribution in [2.45, 2.75) is 39.0 Å². The van der Waals surface area contributed by atoms with Crippen LogP contribution in [0.4, 0.5) is 0 Å². The summed E-state index contributed by atoms with van der Waals surface area (Å²) in [6.07, 6.45) is 2.98. The number of ketones is 1. The third-order valence-electron chi connectivity index (χ3n) is 4.74. The number of amides is 2. The Morgan fingerprint density at radius 1 is 1.19 bits per heavy atom. The molecule has 1 unspecified atom stereocenters. The van der Waals surface area contributed by atoms with Crippen LogP contribution in [0.3, 0.4) is 0 Å². The second-order valence-corrected chi connectivity index (χ2v) is 7.58. The van der Waals surface area contributed by atoms with Crippen LogP contribution >= 0.6 is 11.3 Å². The third-order valence-corrected chi connectivity index (χ3v) is 5.65.